The van der Waals surface area contributed by atoms with Crippen LogP contribution in [0.4, 0.5) is 0 Å². The molecule has 1 aliphatic carbocycles. The molecule has 6 heteroatoms. The molecule has 2 aromatic heterocycles. The van der Waals surface area contributed by atoms with E-state index in [1.54, 1.807) is 17.4 Å². The minimum Gasteiger partial charge on any atom is -0.346 e. The van der Waals surface area contributed by atoms with Gasteiger partial charge in [-0.2, -0.15) is 5.10 Å². The Kier molecular flexibility index (Phi) is 3.35. The largest absolute Gasteiger partial charge is 0.346 e. The number of nitrogens with two attached hydrogens (primary N) is 1. The van der Waals surface area contributed by atoms with Crippen LogP contribution in [0.1, 0.15) is 23.3 Å². The summed E-state index contributed by atoms with van der Waals surface area (Å²) in [6, 6.07) is 5.81. The van der Waals surface area contributed by atoms with Gasteiger partial charge in [0.2, 0.25) is 0 Å². The monoisotopic (exact) mass is 276 g/mol. The van der Waals surface area contributed by atoms with Crippen LogP contribution >= 0.6 is 11.3 Å². The number of hydrogen-bond donors (Lipinski definition) is 3. The van der Waals surface area contributed by atoms with Gasteiger partial charge in [-0.25, -0.2) is 0 Å². The Morgan fingerprint density at radius 3 is 3.11 bits per heavy atom. The summed E-state index contributed by atoms with van der Waals surface area (Å²) in [5.74, 6) is 0.422. The highest BCUT2D eigenvalue weighted by Crippen LogP contribution is 2.32. The van der Waals surface area contributed by atoms with E-state index in [4.69, 9.17) is 5.73 Å². The molecule has 19 heavy (non-hydrogen) atoms. The van der Waals surface area contributed by atoms with E-state index in [-0.39, 0.29) is 11.9 Å². The molecule has 100 valence electrons. The van der Waals surface area contributed by atoms with Crippen molar-refractivity contribution in [1.82, 2.24) is 15.5 Å². The Balaban J connectivity index is 1.70. The van der Waals surface area contributed by atoms with E-state index in [0.717, 1.165) is 23.4 Å². The van der Waals surface area contributed by atoms with Gasteiger partial charge in [0.1, 0.15) is 11.4 Å². The molecular weight excluding hydrogens is 260 g/mol. The van der Waals surface area contributed by atoms with Crippen LogP contribution in [0, 0.1) is 5.92 Å². The van der Waals surface area contributed by atoms with Crippen LogP contribution in [0.2, 0.25) is 0 Å². The zero-order valence-corrected chi connectivity index (χ0v) is 11.2. The zero-order valence-electron chi connectivity index (χ0n) is 10.4. The molecule has 0 saturated heterocycles. The lowest BCUT2D eigenvalue weighted by Gasteiger charge is -2.14. The lowest BCUT2D eigenvalue weighted by atomic mass is 10.2. The van der Waals surface area contributed by atoms with Gasteiger partial charge < -0.3 is 11.1 Å². The molecule has 5 nitrogen and oxygen atoms in total. The van der Waals surface area contributed by atoms with E-state index >= 15 is 0 Å². The Hall–Kier alpha value is -1.66. The minimum absolute atomic E-state index is 0.0842. The highest BCUT2D eigenvalue weighted by molar-refractivity contribution is 7.13. The van der Waals surface area contributed by atoms with Crippen molar-refractivity contribution in [3.8, 4) is 10.6 Å². The first kappa shape index (κ1) is 12.4. The number of carbonyl (C=O) groups excluding carboxylic acids is 1. The van der Waals surface area contributed by atoms with Gasteiger partial charge in [0.25, 0.3) is 5.91 Å². The normalized spacial score (nSPS) is 16.3. The molecule has 1 fully saturated rings. The zero-order chi connectivity index (χ0) is 13.2. The van der Waals surface area contributed by atoms with E-state index in [2.05, 4.69) is 15.5 Å². The first-order chi connectivity index (χ1) is 9.28. The lowest BCUT2D eigenvalue weighted by molar-refractivity contribution is 0.0928. The fourth-order valence-electron chi connectivity index (χ4n) is 2.10. The van der Waals surface area contributed by atoms with Crippen LogP contribution in [-0.2, 0) is 0 Å². The van der Waals surface area contributed by atoms with Gasteiger partial charge >= 0.3 is 0 Å². The number of aromatic amines is 1. The van der Waals surface area contributed by atoms with E-state index in [0.29, 0.717) is 18.2 Å². The third-order valence-electron chi connectivity index (χ3n) is 3.36. The number of nitrogens with one attached hydrogen (secondary N) is 2. The SMILES string of the molecule is NCC(NC(=O)c1cc(-c2cccs2)n[nH]1)C1CC1. The summed E-state index contributed by atoms with van der Waals surface area (Å²) in [7, 11) is 0. The van der Waals surface area contributed by atoms with Crippen LogP contribution in [-0.4, -0.2) is 28.7 Å². The average Bonchev–Trinajstić information content (AvgIpc) is 2.95. The highest BCUT2D eigenvalue weighted by atomic mass is 32.1. The molecule has 2 aromatic rings. The van der Waals surface area contributed by atoms with Gasteiger partial charge in [-0.1, -0.05) is 6.07 Å². The van der Waals surface area contributed by atoms with Gasteiger partial charge in [-0.3, -0.25) is 9.89 Å². The van der Waals surface area contributed by atoms with Crippen LogP contribution in [0.25, 0.3) is 10.6 Å². The molecule has 0 bridgehead atoms. The van der Waals surface area contributed by atoms with Crippen molar-refractivity contribution in [3.05, 3.63) is 29.3 Å². The Morgan fingerprint density at radius 2 is 2.47 bits per heavy atom. The van der Waals surface area contributed by atoms with Crippen LogP contribution < -0.4 is 11.1 Å². The first-order valence-electron chi connectivity index (χ1n) is 6.38. The molecular formula is C13H16N4OS. The maximum absolute atomic E-state index is 12.1. The number of carbonyl (C=O) groups is 1. The standard InChI is InChI=1S/C13H16N4OS/c14-7-11(8-3-4-8)15-13(18)10-6-9(16-17-10)12-2-1-5-19-12/h1-2,5-6,8,11H,3-4,7,14H2,(H,15,18)(H,16,17). The fraction of sp³-hybridized carbons (Fsp3) is 0.385. The van der Waals surface area contributed by atoms with Crippen LogP contribution in [0.5, 0.6) is 0 Å². The maximum Gasteiger partial charge on any atom is 0.269 e. The number of aromatic nitrogens is 2. The molecule has 1 saturated carbocycles. The van der Waals surface area contributed by atoms with Crippen molar-refractivity contribution in [1.29, 1.82) is 0 Å². The van der Waals surface area contributed by atoms with E-state index in [1.807, 2.05) is 17.5 Å². The molecule has 1 unspecified atom stereocenters. The van der Waals surface area contributed by atoms with Crippen LogP contribution in [0.3, 0.4) is 0 Å². The average molecular weight is 276 g/mol. The van der Waals surface area contributed by atoms with E-state index < -0.39 is 0 Å². The van der Waals surface area contributed by atoms with Crippen molar-refractivity contribution in [2.45, 2.75) is 18.9 Å². The summed E-state index contributed by atoms with van der Waals surface area (Å²) in [5.41, 5.74) is 6.97. The third kappa shape index (κ3) is 2.69. The second kappa shape index (κ2) is 5.14. The third-order valence-corrected chi connectivity index (χ3v) is 4.25. The molecule has 0 aromatic carbocycles. The van der Waals surface area contributed by atoms with Crippen molar-refractivity contribution in [2.24, 2.45) is 11.7 Å². The molecule has 0 spiro atoms. The predicted molar refractivity (Wildman–Crippen MR) is 74.9 cm³/mol. The van der Waals surface area contributed by atoms with Gasteiger partial charge in [-0.05, 0) is 36.3 Å². The smallest absolute Gasteiger partial charge is 0.269 e. The summed E-state index contributed by atoms with van der Waals surface area (Å²) in [5, 5.41) is 11.9. The predicted octanol–water partition coefficient (Wildman–Crippen LogP) is 1.61. The number of hydrogen-bond acceptors (Lipinski definition) is 4. The van der Waals surface area contributed by atoms with Gasteiger partial charge in [-0.15, -0.1) is 11.3 Å². The second-order valence-electron chi connectivity index (χ2n) is 4.80. The van der Waals surface area contributed by atoms with Crippen LogP contribution in [0.15, 0.2) is 23.6 Å². The van der Waals surface area contributed by atoms with Gasteiger partial charge in [0, 0.05) is 12.6 Å². The highest BCUT2D eigenvalue weighted by Gasteiger charge is 2.31. The molecule has 1 amide bonds. The van der Waals surface area contributed by atoms with Crippen molar-refractivity contribution in [2.75, 3.05) is 6.54 Å². The second-order valence-corrected chi connectivity index (χ2v) is 5.74. The Bertz CT molecular complexity index is 559. The van der Waals surface area contributed by atoms with Crippen molar-refractivity contribution in [3.63, 3.8) is 0 Å². The molecule has 0 radical (unpaired) electrons. The number of thiophene rings is 1. The fourth-order valence-corrected chi connectivity index (χ4v) is 2.79. The quantitative estimate of drug-likeness (QED) is 0.775. The number of amides is 1. The molecule has 4 N–H and O–H groups in total. The summed E-state index contributed by atoms with van der Waals surface area (Å²) >= 11 is 1.60. The summed E-state index contributed by atoms with van der Waals surface area (Å²) in [6.45, 7) is 0.488. The van der Waals surface area contributed by atoms with Crippen molar-refractivity contribution >= 4 is 17.2 Å². The molecule has 0 aliphatic heterocycles. The topological polar surface area (TPSA) is 83.8 Å². The summed E-state index contributed by atoms with van der Waals surface area (Å²) in [4.78, 5) is 13.1. The molecule has 1 atom stereocenters. The van der Waals surface area contributed by atoms with E-state index in [1.165, 1.54) is 0 Å². The Labute approximate surface area is 115 Å². The summed E-state index contributed by atoms with van der Waals surface area (Å²) in [6.07, 6.45) is 2.32. The van der Waals surface area contributed by atoms with Gasteiger partial charge in [0.05, 0.1) is 4.88 Å². The maximum atomic E-state index is 12.1. The molecule has 2 heterocycles. The van der Waals surface area contributed by atoms with E-state index in [9.17, 15) is 4.79 Å². The molecule has 3 rings (SSSR count). The summed E-state index contributed by atoms with van der Waals surface area (Å²) < 4.78 is 0. The number of H-pyrrole nitrogens is 1. The minimum atomic E-state index is -0.127. The molecule has 1 aliphatic rings. The first-order valence-corrected chi connectivity index (χ1v) is 7.26. The lowest BCUT2D eigenvalue weighted by Crippen LogP contribution is -2.41. The Morgan fingerprint density at radius 1 is 1.63 bits per heavy atom. The van der Waals surface area contributed by atoms with Gasteiger partial charge in [0.15, 0.2) is 0 Å². The number of rotatable bonds is 5. The van der Waals surface area contributed by atoms with Crippen molar-refractivity contribution < 1.29 is 4.79 Å². The number of nitrogens with zero attached hydrogens (tertiary/aromatic N) is 1.